The van der Waals surface area contributed by atoms with Crippen LogP contribution in [-0.4, -0.2) is 22.4 Å². The highest BCUT2D eigenvalue weighted by Gasteiger charge is 2.13. The van der Waals surface area contributed by atoms with Crippen molar-refractivity contribution in [2.75, 3.05) is 12.9 Å². The molecular formula is C20H24N2O2S2. The fourth-order valence-corrected chi connectivity index (χ4v) is 4.43. The number of unbranched alkanes of at least 4 members (excludes halogenated alkanes) is 1. The van der Waals surface area contributed by atoms with Gasteiger partial charge in [-0.05, 0) is 56.2 Å². The van der Waals surface area contributed by atoms with E-state index < -0.39 is 0 Å². The molecule has 6 heteroatoms. The lowest BCUT2D eigenvalue weighted by atomic mass is 10.2. The zero-order chi connectivity index (χ0) is 18.5. The second kappa shape index (κ2) is 8.73. The minimum absolute atomic E-state index is 0.0786. The third-order valence-electron chi connectivity index (χ3n) is 4.23. The number of hydrogen-bond donors (Lipinski definition) is 0. The van der Waals surface area contributed by atoms with E-state index in [0.717, 1.165) is 40.4 Å². The largest absolute Gasteiger partial charge is 0.494 e. The number of fused-ring (bicyclic) bond motifs is 1. The quantitative estimate of drug-likeness (QED) is 0.312. The van der Waals surface area contributed by atoms with Crippen molar-refractivity contribution in [3.05, 3.63) is 51.1 Å². The van der Waals surface area contributed by atoms with Gasteiger partial charge in [-0.25, -0.2) is 4.98 Å². The molecular weight excluding hydrogens is 364 g/mol. The van der Waals surface area contributed by atoms with Crippen molar-refractivity contribution in [3.8, 4) is 5.75 Å². The molecule has 0 aliphatic rings. The maximum atomic E-state index is 12.8. The van der Waals surface area contributed by atoms with Crippen LogP contribution in [0.2, 0.25) is 0 Å². The van der Waals surface area contributed by atoms with Gasteiger partial charge in [-0.3, -0.25) is 9.36 Å². The number of nitrogens with zero attached hydrogens (tertiary/aromatic N) is 2. The summed E-state index contributed by atoms with van der Waals surface area (Å²) in [7, 11) is 0. The van der Waals surface area contributed by atoms with Crippen LogP contribution in [-0.2, 0) is 13.0 Å². The second-order valence-electron chi connectivity index (χ2n) is 6.21. The Kier molecular flexibility index (Phi) is 6.38. The zero-order valence-corrected chi connectivity index (χ0v) is 17.1. The summed E-state index contributed by atoms with van der Waals surface area (Å²) in [6, 6.07) is 10.1. The van der Waals surface area contributed by atoms with Crippen LogP contribution in [0.1, 0.15) is 30.2 Å². The molecule has 0 radical (unpaired) electrons. The van der Waals surface area contributed by atoms with Crippen LogP contribution in [0.3, 0.4) is 0 Å². The molecule has 2 heterocycles. The predicted octanol–water partition coefficient (Wildman–Crippen LogP) is 4.91. The lowest BCUT2D eigenvalue weighted by Crippen LogP contribution is -2.23. The van der Waals surface area contributed by atoms with Crippen LogP contribution in [0.5, 0.6) is 5.75 Å². The van der Waals surface area contributed by atoms with Crippen LogP contribution in [0.25, 0.3) is 10.2 Å². The molecule has 3 aromatic rings. The van der Waals surface area contributed by atoms with Crippen molar-refractivity contribution in [2.45, 2.75) is 44.8 Å². The smallest absolute Gasteiger partial charge is 0.262 e. The predicted molar refractivity (Wildman–Crippen MR) is 111 cm³/mol. The molecule has 0 spiro atoms. The average molecular weight is 389 g/mol. The molecule has 3 rings (SSSR count). The van der Waals surface area contributed by atoms with Crippen molar-refractivity contribution < 1.29 is 4.74 Å². The van der Waals surface area contributed by atoms with E-state index in [1.807, 2.05) is 35.1 Å². The number of aryl methyl sites for hydroxylation is 2. The topological polar surface area (TPSA) is 44.1 Å². The lowest BCUT2D eigenvalue weighted by Gasteiger charge is -2.11. The Morgan fingerprint density at radius 1 is 1.27 bits per heavy atom. The van der Waals surface area contributed by atoms with Gasteiger partial charge in [0, 0.05) is 11.4 Å². The number of thioether (sulfide) groups is 1. The molecule has 0 aliphatic heterocycles. The van der Waals surface area contributed by atoms with E-state index in [9.17, 15) is 4.79 Å². The first-order valence-electron chi connectivity index (χ1n) is 8.89. The van der Waals surface area contributed by atoms with Gasteiger partial charge in [0.1, 0.15) is 10.6 Å². The number of rotatable bonds is 8. The van der Waals surface area contributed by atoms with E-state index in [4.69, 9.17) is 9.72 Å². The zero-order valence-electron chi connectivity index (χ0n) is 15.4. The summed E-state index contributed by atoms with van der Waals surface area (Å²) in [4.78, 5) is 19.6. The molecule has 0 saturated heterocycles. The molecule has 0 bridgehead atoms. The first-order valence-corrected chi connectivity index (χ1v) is 10.9. The van der Waals surface area contributed by atoms with Crippen LogP contribution in [0.15, 0.2) is 40.3 Å². The molecule has 0 fully saturated rings. The summed E-state index contributed by atoms with van der Waals surface area (Å²) >= 11 is 3.15. The van der Waals surface area contributed by atoms with Gasteiger partial charge in [0.15, 0.2) is 5.16 Å². The fraction of sp³-hybridized carbons (Fsp3) is 0.400. The highest BCUT2D eigenvalue weighted by atomic mass is 32.2. The van der Waals surface area contributed by atoms with Gasteiger partial charge in [-0.1, -0.05) is 30.8 Å². The molecule has 0 unspecified atom stereocenters. The van der Waals surface area contributed by atoms with Crippen LogP contribution >= 0.6 is 23.1 Å². The van der Waals surface area contributed by atoms with Crippen molar-refractivity contribution >= 4 is 33.3 Å². The van der Waals surface area contributed by atoms with E-state index in [-0.39, 0.29) is 5.56 Å². The van der Waals surface area contributed by atoms with Crippen molar-refractivity contribution in [2.24, 2.45) is 0 Å². The van der Waals surface area contributed by atoms with Gasteiger partial charge in [-0.2, -0.15) is 0 Å². The normalized spacial score (nSPS) is 11.2. The Balaban J connectivity index is 1.64. The third-order valence-corrected chi connectivity index (χ3v) is 6.08. The average Bonchev–Trinajstić information content (AvgIpc) is 3.06. The second-order valence-corrected chi connectivity index (χ2v) is 8.10. The molecule has 2 aromatic heterocycles. The van der Waals surface area contributed by atoms with E-state index in [1.165, 1.54) is 22.2 Å². The number of ether oxygens (including phenoxy) is 1. The summed E-state index contributed by atoms with van der Waals surface area (Å²) in [5.41, 5.74) is 1.27. The van der Waals surface area contributed by atoms with Gasteiger partial charge in [-0.15, -0.1) is 11.3 Å². The molecule has 0 N–H and O–H groups in total. The van der Waals surface area contributed by atoms with Gasteiger partial charge in [0.2, 0.25) is 0 Å². The molecule has 0 atom stereocenters. The number of hydrogen-bond acceptors (Lipinski definition) is 5. The molecule has 138 valence electrons. The minimum Gasteiger partial charge on any atom is -0.494 e. The maximum absolute atomic E-state index is 12.8. The fourth-order valence-electron chi connectivity index (χ4n) is 2.84. The van der Waals surface area contributed by atoms with Crippen molar-refractivity contribution in [1.29, 1.82) is 0 Å². The summed E-state index contributed by atoms with van der Waals surface area (Å²) in [6.45, 7) is 5.49. The molecule has 0 amide bonds. The Bertz CT molecular complexity index is 947. The lowest BCUT2D eigenvalue weighted by molar-refractivity contribution is 0.301. The first kappa shape index (κ1) is 19.0. The molecule has 1 aromatic carbocycles. The number of aromatic nitrogens is 2. The highest BCUT2D eigenvalue weighted by Crippen LogP contribution is 2.24. The summed E-state index contributed by atoms with van der Waals surface area (Å²) < 4.78 is 7.60. The summed E-state index contributed by atoms with van der Waals surface area (Å²) in [5, 5.41) is 1.55. The minimum atomic E-state index is 0.0786. The SMILES string of the molecule is CCc1cc2c(=O)n(CCCCOc3cccc(C)c3)c(SC)nc2s1. The van der Waals surface area contributed by atoms with Crippen molar-refractivity contribution in [3.63, 3.8) is 0 Å². The maximum Gasteiger partial charge on any atom is 0.262 e. The van der Waals surface area contributed by atoms with Gasteiger partial charge < -0.3 is 4.74 Å². The van der Waals surface area contributed by atoms with E-state index in [1.54, 1.807) is 11.3 Å². The molecule has 4 nitrogen and oxygen atoms in total. The molecule has 26 heavy (non-hydrogen) atoms. The highest BCUT2D eigenvalue weighted by molar-refractivity contribution is 7.98. The summed E-state index contributed by atoms with van der Waals surface area (Å²) in [6.07, 6.45) is 4.69. The molecule has 0 saturated carbocycles. The third kappa shape index (κ3) is 4.30. The summed E-state index contributed by atoms with van der Waals surface area (Å²) in [5.74, 6) is 0.903. The van der Waals surface area contributed by atoms with Crippen LogP contribution in [0, 0.1) is 6.92 Å². The van der Waals surface area contributed by atoms with E-state index in [2.05, 4.69) is 19.9 Å². The van der Waals surface area contributed by atoms with Gasteiger partial charge >= 0.3 is 0 Å². The Morgan fingerprint density at radius 3 is 2.85 bits per heavy atom. The van der Waals surface area contributed by atoms with Crippen LogP contribution < -0.4 is 10.3 Å². The Hall–Kier alpha value is -1.79. The first-order chi connectivity index (χ1) is 12.6. The van der Waals surface area contributed by atoms with E-state index >= 15 is 0 Å². The van der Waals surface area contributed by atoms with Crippen LogP contribution in [0.4, 0.5) is 0 Å². The number of thiophene rings is 1. The Morgan fingerprint density at radius 2 is 2.12 bits per heavy atom. The van der Waals surface area contributed by atoms with E-state index in [0.29, 0.717) is 13.2 Å². The Labute approximate surface area is 162 Å². The standard InChI is InChI=1S/C20H24N2O2S2/c1-4-16-13-17-18(26-16)21-20(25-3)22(19(17)23)10-5-6-11-24-15-9-7-8-14(2)12-15/h7-9,12-13H,4-6,10-11H2,1-3H3. The molecule has 0 aliphatic carbocycles. The van der Waals surface area contributed by atoms with Gasteiger partial charge in [0.05, 0.1) is 12.0 Å². The number of benzene rings is 1. The monoisotopic (exact) mass is 388 g/mol. The van der Waals surface area contributed by atoms with Gasteiger partial charge in [0.25, 0.3) is 5.56 Å². The van der Waals surface area contributed by atoms with Crippen molar-refractivity contribution in [1.82, 2.24) is 9.55 Å².